The minimum absolute atomic E-state index is 0.0000850. The van der Waals surface area contributed by atoms with E-state index in [4.69, 9.17) is 0 Å². The Hall–Kier alpha value is -1.32. The first kappa shape index (κ1) is 13.7. The Kier molecular flexibility index (Phi) is 4.32. The Morgan fingerprint density at radius 2 is 1.82 bits per heavy atom. The van der Waals surface area contributed by atoms with Crippen molar-refractivity contribution in [3.8, 4) is 0 Å². The maximum atomic E-state index is 11.8. The molecule has 1 saturated heterocycles. The standard InChI is InChI=1S/C13H21NO3/c1-4-13(12(16)17)5-7-14(8-6-13)11(15)9-10(2)3/h9H,4-8H2,1-3H3,(H,16,17). The number of carbonyl (C=O) groups is 2. The molecule has 1 aliphatic rings. The number of piperidine rings is 1. The van der Waals surface area contributed by atoms with Crippen LogP contribution < -0.4 is 0 Å². The molecule has 0 spiro atoms. The first-order chi connectivity index (χ1) is 7.91. The summed E-state index contributed by atoms with van der Waals surface area (Å²) in [5, 5.41) is 9.24. The fourth-order valence-corrected chi connectivity index (χ4v) is 2.21. The summed E-state index contributed by atoms with van der Waals surface area (Å²) < 4.78 is 0. The van der Waals surface area contributed by atoms with Crippen LogP contribution in [0.2, 0.25) is 0 Å². The molecule has 0 saturated carbocycles. The topological polar surface area (TPSA) is 57.6 Å². The molecule has 1 amide bonds. The van der Waals surface area contributed by atoms with Crippen LogP contribution in [0.4, 0.5) is 0 Å². The van der Waals surface area contributed by atoms with Crippen molar-refractivity contribution in [3.63, 3.8) is 0 Å². The van der Waals surface area contributed by atoms with Crippen LogP contribution >= 0.6 is 0 Å². The molecule has 1 fully saturated rings. The molecular formula is C13H21NO3. The number of hydrogen-bond acceptors (Lipinski definition) is 2. The van der Waals surface area contributed by atoms with Crippen LogP contribution in [0.5, 0.6) is 0 Å². The summed E-state index contributed by atoms with van der Waals surface area (Å²) in [5.74, 6) is -0.727. The zero-order valence-electron chi connectivity index (χ0n) is 10.8. The Balaban J connectivity index is 2.65. The zero-order valence-corrected chi connectivity index (χ0v) is 10.8. The number of likely N-dealkylation sites (tertiary alicyclic amines) is 1. The third kappa shape index (κ3) is 3.08. The minimum atomic E-state index is -0.727. The average molecular weight is 239 g/mol. The molecule has 0 unspecified atom stereocenters. The second-order valence-corrected chi connectivity index (χ2v) is 4.99. The highest BCUT2D eigenvalue weighted by Gasteiger charge is 2.40. The number of carboxylic acids is 1. The van der Waals surface area contributed by atoms with Crippen molar-refractivity contribution in [1.82, 2.24) is 4.90 Å². The number of hydrogen-bond donors (Lipinski definition) is 1. The molecule has 4 heteroatoms. The second-order valence-electron chi connectivity index (χ2n) is 4.99. The first-order valence-corrected chi connectivity index (χ1v) is 6.08. The molecule has 4 nitrogen and oxygen atoms in total. The van der Waals surface area contributed by atoms with E-state index in [1.165, 1.54) is 0 Å². The molecule has 0 bridgehead atoms. The SMILES string of the molecule is CCC1(C(=O)O)CCN(C(=O)C=C(C)C)CC1. The number of amides is 1. The molecule has 96 valence electrons. The van der Waals surface area contributed by atoms with E-state index < -0.39 is 11.4 Å². The number of carbonyl (C=O) groups excluding carboxylic acids is 1. The molecule has 1 aliphatic heterocycles. The highest BCUT2D eigenvalue weighted by atomic mass is 16.4. The van der Waals surface area contributed by atoms with Gasteiger partial charge in [0.05, 0.1) is 5.41 Å². The summed E-state index contributed by atoms with van der Waals surface area (Å²) in [7, 11) is 0. The summed E-state index contributed by atoms with van der Waals surface area (Å²) in [6, 6.07) is 0. The normalized spacial score (nSPS) is 18.6. The summed E-state index contributed by atoms with van der Waals surface area (Å²) >= 11 is 0. The van der Waals surface area contributed by atoms with Gasteiger partial charge in [-0.15, -0.1) is 0 Å². The molecule has 17 heavy (non-hydrogen) atoms. The van der Waals surface area contributed by atoms with Gasteiger partial charge < -0.3 is 10.0 Å². The van der Waals surface area contributed by atoms with Gasteiger partial charge in [-0.25, -0.2) is 0 Å². The largest absolute Gasteiger partial charge is 0.481 e. The second kappa shape index (κ2) is 5.34. The van der Waals surface area contributed by atoms with Gasteiger partial charge in [0.2, 0.25) is 5.91 Å². The highest BCUT2D eigenvalue weighted by Crippen LogP contribution is 2.35. The van der Waals surface area contributed by atoms with Gasteiger partial charge in [-0.1, -0.05) is 12.5 Å². The van der Waals surface area contributed by atoms with Crippen molar-refractivity contribution < 1.29 is 14.7 Å². The van der Waals surface area contributed by atoms with Crippen molar-refractivity contribution >= 4 is 11.9 Å². The first-order valence-electron chi connectivity index (χ1n) is 6.08. The lowest BCUT2D eigenvalue weighted by atomic mass is 9.76. The molecule has 0 aromatic carbocycles. The van der Waals surface area contributed by atoms with E-state index in [1.54, 1.807) is 11.0 Å². The van der Waals surface area contributed by atoms with E-state index in [0.717, 1.165) is 5.57 Å². The highest BCUT2D eigenvalue weighted by molar-refractivity contribution is 5.88. The van der Waals surface area contributed by atoms with Crippen LogP contribution in [0, 0.1) is 5.41 Å². The van der Waals surface area contributed by atoms with Crippen molar-refractivity contribution in [3.05, 3.63) is 11.6 Å². The summed E-state index contributed by atoms with van der Waals surface area (Å²) in [6.45, 7) is 6.76. The number of rotatable bonds is 3. The van der Waals surface area contributed by atoms with Gasteiger partial charge >= 0.3 is 5.97 Å². The van der Waals surface area contributed by atoms with E-state index in [2.05, 4.69) is 0 Å². The van der Waals surface area contributed by atoms with Crippen LogP contribution in [0.15, 0.2) is 11.6 Å². The maximum absolute atomic E-state index is 11.8. The summed E-state index contributed by atoms with van der Waals surface area (Å²) in [5.41, 5.74) is 0.349. The van der Waals surface area contributed by atoms with Crippen molar-refractivity contribution in [2.24, 2.45) is 5.41 Å². The van der Waals surface area contributed by atoms with Gasteiger partial charge in [0.15, 0.2) is 0 Å². The molecule has 0 radical (unpaired) electrons. The molecule has 1 N–H and O–H groups in total. The number of allylic oxidation sites excluding steroid dienone is 1. The lowest BCUT2D eigenvalue weighted by molar-refractivity contribution is -0.154. The Labute approximate surface area is 102 Å². The van der Waals surface area contributed by atoms with Crippen molar-refractivity contribution in [1.29, 1.82) is 0 Å². The van der Waals surface area contributed by atoms with Crippen LogP contribution in [0.25, 0.3) is 0 Å². The molecule has 0 atom stereocenters. The van der Waals surface area contributed by atoms with Gasteiger partial charge in [0.1, 0.15) is 0 Å². The third-order valence-corrected chi connectivity index (χ3v) is 3.57. The van der Waals surface area contributed by atoms with Gasteiger partial charge in [-0.05, 0) is 33.1 Å². The molecule has 0 aliphatic carbocycles. The fraction of sp³-hybridized carbons (Fsp3) is 0.692. The number of carboxylic acid groups (broad SMARTS) is 1. The quantitative estimate of drug-likeness (QED) is 0.767. The van der Waals surface area contributed by atoms with Gasteiger partial charge in [-0.3, -0.25) is 9.59 Å². The third-order valence-electron chi connectivity index (χ3n) is 3.57. The van der Waals surface area contributed by atoms with Crippen LogP contribution in [0.3, 0.4) is 0 Å². The van der Waals surface area contributed by atoms with E-state index >= 15 is 0 Å². The monoisotopic (exact) mass is 239 g/mol. The smallest absolute Gasteiger partial charge is 0.309 e. The molecule has 1 rings (SSSR count). The van der Waals surface area contributed by atoms with Crippen LogP contribution in [0.1, 0.15) is 40.0 Å². The lowest BCUT2D eigenvalue weighted by Gasteiger charge is -2.38. The lowest BCUT2D eigenvalue weighted by Crippen LogP contribution is -2.45. The van der Waals surface area contributed by atoms with E-state index in [-0.39, 0.29) is 5.91 Å². The van der Waals surface area contributed by atoms with Crippen molar-refractivity contribution in [2.75, 3.05) is 13.1 Å². The van der Waals surface area contributed by atoms with Gasteiger partial charge in [0, 0.05) is 19.2 Å². The van der Waals surface area contributed by atoms with Crippen LogP contribution in [-0.4, -0.2) is 35.0 Å². The summed E-state index contributed by atoms with van der Waals surface area (Å²) in [6.07, 6.45) is 3.36. The Morgan fingerprint density at radius 1 is 1.29 bits per heavy atom. The fourth-order valence-electron chi connectivity index (χ4n) is 2.21. The maximum Gasteiger partial charge on any atom is 0.309 e. The molecule has 0 aromatic rings. The predicted molar refractivity (Wildman–Crippen MR) is 65.6 cm³/mol. The van der Waals surface area contributed by atoms with E-state index in [0.29, 0.717) is 32.4 Å². The molecule has 1 heterocycles. The van der Waals surface area contributed by atoms with Gasteiger partial charge in [0.25, 0.3) is 0 Å². The Bertz CT molecular complexity index is 335. The number of nitrogens with zero attached hydrogens (tertiary/aromatic N) is 1. The molecule has 0 aromatic heterocycles. The van der Waals surface area contributed by atoms with Crippen LogP contribution in [-0.2, 0) is 9.59 Å². The number of aliphatic carboxylic acids is 1. The average Bonchev–Trinajstić information content (AvgIpc) is 2.28. The van der Waals surface area contributed by atoms with E-state index in [1.807, 2.05) is 20.8 Å². The minimum Gasteiger partial charge on any atom is -0.481 e. The van der Waals surface area contributed by atoms with E-state index in [9.17, 15) is 14.7 Å². The Morgan fingerprint density at radius 3 is 2.18 bits per heavy atom. The van der Waals surface area contributed by atoms with Gasteiger partial charge in [-0.2, -0.15) is 0 Å². The predicted octanol–water partition coefficient (Wildman–Crippen LogP) is 2.06. The molecular weight excluding hydrogens is 218 g/mol. The van der Waals surface area contributed by atoms with Crippen molar-refractivity contribution in [2.45, 2.75) is 40.0 Å². The summed E-state index contributed by atoms with van der Waals surface area (Å²) in [4.78, 5) is 24.8. The zero-order chi connectivity index (χ0) is 13.1.